The van der Waals surface area contributed by atoms with Gasteiger partial charge in [0, 0.05) is 24.9 Å². The van der Waals surface area contributed by atoms with Gasteiger partial charge in [-0.1, -0.05) is 12.1 Å². The van der Waals surface area contributed by atoms with Crippen LogP contribution < -0.4 is 15.4 Å². The largest absolute Gasteiger partial charge is 0.492 e. The van der Waals surface area contributed by atoms with Gasteiger partial charge in [0.2, 0.25) is 0 Å². The van der Waals surface area contributed by atoms with Crippen LogP contribution >= 0.6 is 0 Å². The first-order chi connectivity index (χ1) is 12.3. The standard InChI is InChI=1S/C19H23N3O3/c1-2-24-17-8-4-3-7-16(17)22-18-12-14(9-10-20-18)19(23)21-13-15-6-5-11-25-15/h3-4,7-10,12,15H,2,5-6,11,13H2,1H3,(H,20,22)(H,21,23). The minimum absolute atomic E-state index is 0.126. The molecule has 6 heteroatoms. The second-order valence-electron chi connectivity index (χ2n) is 5.83. The molecule has 1 atom stereocenters. The lowest BCUT2D eigenvalue weighted by molar-refractivity contribution is 0.0857. The first-order valence-corrected chi connectivity index (χ1v) is 8.61. The van der Waals surface area contributed by atoms with E-state index in [9.17, 15) is 4.79 Å². The average Bonchev–Trinajstić information content (AvgIpc) is 3.15. The quantitative estimate of drug-likeness (QED) is 0.809. The molecule has 1 aromatic heterocycles. The van der Waals surface area contributed by atoms with Crippen LogP contribution in [-0.4, -0.2) is 36.8 Å². The van der Waals surface area contributed by atoms with E-state index in [0.717, 1.165) is 30.9 Å². The molecule has 6 nitrogen and oxygen atoms in total. The van der Waals surface area contributed by atoms with Gasteiger partial charge in [-0.2, -0.15) is 0 Å². The molecule has 1 amide bonds. The van der Waals surface area contributed by atoms with E-state index in [1.54, 1.807) is 18.3 Å². The number of aromatic nitrogens is 1. The number of ether oxygens (including phenoxy) is 2. The van der Waals surface area contributed by atoms with Crippen LogP contribution in [0, 0.1) is 0 Å². The molecule has 1 aliphatic rings. The summed E-state index contributed by atoms with van der Waals surface area (Å²) in [5.41, 5.74) is 1.37. The fourth-order valence-electron chi connectivity index (χ4n) is 2.74. The van der Waals surface area contributed by atoms with Gasteiger partial charge in [0.1, 0.15) is 11.6 Å². The summed E-state index contributed by atoms with van der Waals surface area (Å²) in [5, 5.41) is 6.13. The number of anilines is 2. The van der Waals surface area contributed by atoms with Crippen molar-refractivity contribution in [2.45, 2.75) is 25.9 Å². The summed E-state index contributed by atoms with van der Waals surface area (Å²) in [5.74, 6) is 1.22. The lowest BCUT2D eigenvalue weighted by Crippen LogP contribution is -2.31. The molecule has 1 aliphatic heterocycles. The Labute approximate surface area is 147 Å². The number of amides is 1. The molecule has 0 bridgehead atoms. The average molecular weight is 341 g/mol. The van der Waals surface area contributed by atoms with Crippen LogP contribution in [0.2, 0.25) is 0 Å². The highest BCUT2D eigenvalue weighted by molar-refractivity contribution is 5.95. The van der Waals surface area contributed by atoms with E-state index in [2.05, 4.69) is 15.6 Å². The van der Waals surface area contributed by atoms with E-state index in [1.807, 2.05) is 31.2 Å². The number of hydrogen-bond acceptors (Lipinski definition) is 5. The lowest BCUT2D eigenvalue weighted by atomic mass is 10.2. The number of rotatable bonds is 7. The lowest BCUT2D eigenvalue weighted by Gasteiger charge is -2.13. The van der Waals surface area contributed by atoms with Gasteiger partial charge >= 0.3 is 0 Å². The predicted octanol–water partition coefficient (Wildman–Crippen LogP) is 3.13. The van der Waals surface area contributed by atoms with Gasteiger partial charge in [-0.3, -0.25) is 4.79 Å². The number of nitrogens with zero attached hydrogens (tertiary/aromatic N) is 1. The molecule has 0 radical (unpaired) electrons. The SMILES string of the molecule is CCOc1ccccc1Nc1cc(C(=O)NCC2CCCO2)ccn1. The van der Waals surface area contributed by atoms with Gasteiger partial charge < -0.3 is 20.1 Å². The third kappa shape index (κ3) is 4.70. The maximum absolute atomic E-state index is 12.3. The highest BCUT2D eigenvalue weighted by Gasteiger charge is 2.17. The molecule has 132 valence electrons. The molecule has 1 unspecified atom stereocenters. The van der Waals surface area contributed by atoms with Crippen LogP contribution in [-0.2, 0) is 4.74 Å². The number of nitrogens with one attached hydrogen (secondary N) is 2. The van der Waals surface area contributed by atoms with Gasteiger partial charge in [0.25, 0.3) is 5.91 Å². The number of carbonyl (C=O) groups excluding carboxylic acids is 1. The van der Waals surface area contributed by atoms with E-state index in [4.69, 9.17) is 9.47 Å². The Kier molecular flexibility index (Phi) is 5.85. The molecular formula is C19H23N3O3. The first-order valence-electron chi connectivity index (χ1n) is 8.61. The topological polar surface area (TPSA) is 72.5 Å². The molecular weight excluding hydrogens is 318 g/mol. The fourth-order valence-corrected chi connectivity index (χ4v) is 2.74. The monoisotopic (exact) mass is 341 g/mol. The third-order valence-corrected chi connectivity index (χ3v) is 3.99. The van der Waals surface area contributed by atoms with Crippen molar-refractivity contribution in [2.75, 3.05) is 25.1 Å². The number of pyridine rings is 1. The van der Waals surface area contributed by atoms with Gasteiger partial charge in [-0.25, -0.2) is 4.98 Å². The highest BCUT2D eigenvalue weighted by atomic mass is 16.5. The summed E-state index contributed by atoms with van der Waals surface area (Å²) in [6, 6.07) is 11.1. The Bertz CT molecular complexity index is 715. The van der Waals surface area contributed by atoms with Crippen LogP contribution in [0.1, 0.15) is 30.1 Å². The van der Waals surface area contributed by atoms with Gasteiger partial charge in [0.15, 0.2) is 0 Å². The van der Waals surface area contributed by atoms with E-state index in [-0.39, 0.29) is 12.0 Å². The zero-order chi connectivity index (χ0) is 17.5. The van der Waals surface area contributed by atoms with Gasteiger partial charge in [0.05, 0.1) is 18.4 Å². The van der Waals surface area contributed by atoms with Crippen molar-refractivity contribution in [1.82, 2.24) is 10.3 Å². The second-order valence-corrected chi connectivity index (χ2v) is 5.83. The number of hydrogen-bond donors (Lipinski definition) is 2. The van der Waals surface area contributed by atoms with Crippen molar-refractivity contribution >= 4 is 17.4 Å². The van der Waals surface area contributed by atoms with Crippen LogP contribution in [0.25, 0.3) is 0 Å². The van der Waals surface area contributed by atoms with Crippen molar-refractivity contribution in [3.8, 4) is 5.75 Å². The predicted molar refractivity (Wildman–Crippen MR) is 96.4 cm³/mol. The molecule has 0 spiro atoms. The second kappa shape index (κ2) is 8.48. The van der Waals surface area contributed by atoms with E-state index < -0.39 is 0 Å². The Morgan fingerprint density at radius 3 is 3.04 bits per heavy atom. The van der Waals surface area contributed by atoms with Crippen molar-refractivity contribution in [2.24, 2.45) is 0 Å². The summed E-state index contributed by atoms with van der Waals surface area (Å²) < 4.78 is 11.1. The molecule has 25 heavy (non-hydrogen) atoms. The van der Waals surface area contributed by atoms with E-state index in [1.165, 1.54) is 0 Å². The molecule has 2 N–H and O–H groups in total. The van der Waals surface area contributed by atoms with Gasteiger partial charge in [-0.05, 0) is 44.0 Å². The molecule has 0 saturated carbocycles. The van der Waals surface area contributed by atoms with Crippen LogP contribution in [0.5, 0.6) is 5.75 Å². The van der Waals surface area contributed by atoms with Crippen LogP contribution in [0.3, 0.4) is 0 Å². The Hall–Kier alpha value is -2.60. The number of carbonyl (C=O) groups is 1. The minimum atomic E-state index is -0.126. The first kappa shape index (κ1) is 17.2. The molecule has 2 aromatic rings. The maximum atomic E-state index is 12.3. The smallest absolute Gasteiger partial charge is 0.251 e. The summed E-state index contributed by atoms with van der Waals surface area (Å²) in [6.07, 6.45) is 3.80. The molecule has 1 aromatic carbocycles. The summed E-state index contributed by atoms with van der Waals surface area (Å²) in [7, 11) is 0. The van der Waals surface area contributed by atoms with E-state index >= 15 is 0 Å². The van der Waals surface area contributed by atoms with Crippen LogP contribution in [0.4, 0.5) is 11.5 Å². The zero-order valence-electron chi connectivity index (χ0n) is 14.3. The zero-order valence-corrected chi connectivity index (χ0v) is 14.3. The Morgan fingerprint density at radius 1 is 1.36 bits per heavy atom. The normalized spacial score (nSPS) is 16.4. The van der Waals surface area contributed by atoms with E-state index in [0.29, 0.717) is 24.5 Å². The summed E-state index contributed by atoms with van der Waals surface area (Å²) >= 11 is 0. The van der Waals surface area contributed by atoms with Crippen molar-refractivity contribution in [3.63, 3.8) is 0 Å². The van der Waals surface area contributed by atoms with Crippen molar-refractivity contribution in [1.29, 1.82) is 0 Å². The Morgan fingerprint density at radius 2 is 2.24 bits per heavy atom. The fraction of sp³-hybridized carbons (Fsp3) is 0.368. The molecule has 2 heterocycles. The van der Waals surface area contributed by atoms with Gasteiger partial charge in [-0.15, -0.1) is 0 Å². The Balaban J connectivity index is 1.65. The third-order valence-electron chi connectivity index (χ3n) is 3.99. The summed E-state index contributed by atoms with van der Waals surface area (Å²) in [4.78, 5) is 16.6. The van der Waals surface area contributed by atoms with Crippen molar-refractivity contribution < 1.29 is 14.3 Å². The molecule has 3 rings (SSSR count). The minimum Gasteiger partial charge on any atom is -0.492 e. The maximum Gasteiger partial charge on any atom is 0.251 e. The number of para-hydroxylation sites is 2. The van der Waals surface area contributed by atoms with Crippen LogP contribution in [0.15, 0.2) is 42.6 Å². The van der Waals surface area contributed by atoms with Crippen molar-refractivity contribution in [3.05, 3.63) is 48.2 Å². The number of benzene rings is 1. The summed E-state index contributed by atoms with van der Waals surface area (Å²) in [6.45, 7) is 3.84. The molecule has 1 saturated heterocycles. The molecule has 0 aliphatic carbocycles. The molecule has 1 fully saturated rings. The highest BCUT2D eigenvalue weighted by Crippen LogP contribution is 2.26.